The van der Waals surface area contributed by atoms with Crippen molar-refractivity contribution in [1.82, 2.24) is 21.3 Å². The summed E-state index contributed by atoms with van der Waals surface area (Å²) in [5.74, 6) is 0.0536. The smallest absolute Gasteiger partial charge is 0.227 e. The Morgan fingerprint density at radius 3 is 2.04 bits per heavy atom. The van der Waals surface area contributed by atoms with Crippen molar-refractivity contribution in [1.29, 1.82) is 0 Å². The fraction of sp³-hybridized carbons (Fsp3) is 0.882. The molecule has 3 atom stereocenters. The van der Waals surface area contributed by atoms with Crippen LogP contribution in [0.1, 0.15) is 39.5 Å². The summed E-state index contributed by atoms with van der Waals surface area (Å²) in [7, 11) is 0. The van der Waals surface area contributed by atoms with Gasteiger partial charge < -0.3 is 27.0 Å². The van der Waals surface area contributed by atoms with Crippen LogP contribution >= 0.6 is 0 Å². The summed E-state index contributed by atoms with van der Waals surface area (Å²) < 4.78 is 0. The molecule has 6 N–H and O–H groups in total. The Hall–Kier alpha value is -1.18. The molecule has 138 valence electrons. The third kappa shape index (κ3) is 4.68. The summed E-state index contributed by atoms with van der Waals surface area (Å²) in [6.07, 6.45) is 3.76. The molecule has 2 fully saturated rings. The highest BCUT2D eigenvalue weighted by atomic mass is 16.2. The van der Waals surface area contributed by atoms with E-state index in [0.29, 0.717) is 26.2 Å². The molecule has 2 heterocycles. The van der Waals surface area contributed by atoms with Gasteiger partial charge in [0.25, 0.3) is 0 Å². The maximum atomic E-state index is 12.6. The Labute approximate surface area is 144 Å². The Morgan fingerprint density at radius 2 is 1.58 bits per heavy atom. The Kier molecular flexibility index (Phi) is 6.60. The SMILES string of the molecule is CC1(C(=O)NCC(CN)NC(=O)C2(C)CCCNC2)CCCNC1. The van der Waals surface area contributed by atoms with Crippen LogP contribution in [0.25, 0.3) is 0 Å². The molecule has 0 saturated carbocycles. The summed E-state index contributed by atoms with van der Waals surface area (Å²) >= 11 is 0. The highest BCUT2D eigenvalue weighted by Gasteiger charge is 2.37. The molecular formula is C17H33N5O2. The molecule has 24 heavy (non-hydrogen) atoms. The van der Waals surface area contributed by atoms with Crippen LogP contribution < -0.4 is 27.0 Å². The van der Waals surface area contributed by atoms with E-state index in [1.165, 1.54) is 0 Å². The number of rotatable bonds is 6. The predicted molar refractivity (Wildman–Crippen MR) is 94.4 cm³/mol. The van der Waals surface area contributed by atoms with Gasteiger partial charge in [-0.2, -0.15) is 0 Å². The van der Waals surface area contributed by atoms with E-state index in [1.54, 1.807) is 0 Å². The van der Waals surface area contributed by atoms with Crippen molar-refractivity contribution in [3.8, 4) is 0 Å². The van der Waals surface area contributed by atoms with E-state index in [-0.39, 0.29) is 23.3 Å². The zero-order chi connectivity index (χ0) is 17.6. The lowest BCUT2D eigenvalue weighted by Crippen LogP contribution is -2.56. The van der Waals surface area contributed by atoms with Gasteiger partial charge in [0.05, 0.1) is 16.9 Å². The van der Waals surface area contributed by atoms with Gasteiger partial charge in [0.1, 0.15) is 0 Å². The summed E-state index contributed by atoms with van der Waals surface area (Å²) in [6, 6.07) is -0.236. The number of hydrogen-bond donors (Lipinski definition) is 5. The predicted octanol–water partition coefficient (Wildman–Crippen LogP) is -0.674. The molecule has 0 spiro atoms. The van der Waals surface area contributed by atoms with E-state index >= 15 is 0 Å². The average molecular weight is 339 g/mol. The fourth-order valence-electron chi connectivity index (χ4n) is 3.48. The highest BCUT2D eigenvalue weighted by molar-refractivity contribution is 5.84. The van der Waals surface area contributed by atoms with Gasteiger partial charge in [-0.1, -0.05) is 0 Å². The normalized spacial score (nSPS) is 32.0. The Bertz CT molecular complexity index is 442. The van der Waals surface area contributed by atoms with Crippen LogP contribution in [0.3, 0.4) is 0 Å². The number of nitrogens with one attached hydrogen (secondary N) is 4. The lowest BCUT2D eigenvalue weighted by atomic mass is 9.81. The number of carbonyl (C=O) groups is 2. The second-order valence-corrected chi connectivity index (χ2v) is 7.80. The van der Waals surface area contributed by atoms with Gasteiger partial charge in [-0.25, -0.2) is 0 Å². The van der Waals surface area contributed by atoms with Crippen LogP contribution in [0.5, 0.6) is 0 Å². The molecule has 2 saturated heterocycles. The van der Waals surface area contributed by atoms with Gasteiger partial charge in [-0.3, -0.25) is 9.59 Å². The van der Waals surface area contributed by atoms with Crippen molar-refractivity contribution in [2.24, 2.45) is 16.6 Å². The molecule has 2 aliphatic heterocycles. The molecule has 0 aliphatic carbocycles. The molecule has 7 nitrogen and oxygen atoms in total. The van der Waals surface area contributed by atoms with E-state index in [4.69, 9.17) is 5.73 Å². The van der Waals surface area contributed by atoms with Gasteiger partial charge in [0, 0.05) is 26.2 Å². The molecule has 7 heteroatoms. The monoisotopic (exact) mass is 339 g/mol. The van der Waals surface area contributed by atoms with Crippen molar-refractivity contribution < 1.29 is 9.59 Å². The molecule has 2 aliphatic rings. The zero-order valence-electron chi connectivity index (χ0n) is 15.0. The molecule has 0 aromatic heterocycles. The first-order chi connectivity index (χ1) is 11.4. The molecule has 0 aromatic rings. The fourth-order valence-corrected chi connectivity index (χ4v) is 3.48. The molecule has 3 unspecified atom stereocenters. The lowest BCUT2D eigenvalue weighted by Gasteiger charge is -2.35. The molecule has 0 radical (unpaired) electrons. The summed E-state index contributed by atoms with van der Waals surface area (Å²) in [5, 5.41) is 12.5. The minimum atomic E-state index is -0.394. The van der Waals surface area contributed by atoms with Crippen molar-refractivity contribution in [3.05, 3.63) is 0 Å². The quantitative estimate of drug-likeness (QED) is 0.441. The van der Waals surface area contributed by atoms with E-state index in [0.717, 1.165) is 38.8 Å². The lowest BCUT2D eigenvalue weighted by molar-refractivity contribution is -0.133. The first-order valence-corrected chi connectivity index (χ1v) is 9.10. The summed E-state index contributed by atoms with van der Waals surface area (Å²) in [6.45, 7) is 7.97. The third-order valence-corrected chi connectivity index (χ3v) is 5.42. The van der Waals surface area contributed by atoms with Crippen LogP contribution in [0.2, 0.25) is 0 Å². The Morgan fingerprint density at radius 1 is 1.04 bits per heavy atom. The van der Waals surface area contributed by atoms with Crippen LogP contribution in [0.15, 0.2) is 0 Å². The maximum absolute atomic E-state index is 12.6. The molecule has 0 aromatic carbocycles. The van der Waals surface area contributed by atoms with Gasteiger partial charge in [-0.15, -0.1) is 0 Å². The standard InChI is InChI=1S/C17H33N5O2/c1-16(5-3-7-19-11-16)14(23)21-10-13(9-18)22-15(24)17(2)6-4-8-20-12-17/h13,19-20H,3-12,18H2,1-2H3,(H,21,23)(H,22,24). The first-order valence-electron chi connectivity index (χ1n) is 9.10. The second kappa shape index (κ2) is 8.27. The molecule has 2 amide bonds. The topological polar surface area (TPSA) is 108 Å². The van der Waals surface area contributed by atoms with E-state index in [1.807, 2.05) is 13.8 Å². The first kappa shape index (κ1) is 19.1. The average Bonchev–Trinajstić information content (AvgIpc) is 2.59. The minimum Gasteiger partial charge on any atom is -0.353 e. The molecular weight excluding hydrogens is 306 g/mol. The number of hydrogen-bond acceptors (Lipinski definition) is 5. The van der Waals surface area contributed by atoms with Gasteiger partial charge in [-0.05, 0) is 52.6 Å². The van der Waals surface area contributed by atoms with Crippen molar-refractivity contribution >= 4 is 11.8 Å². The third-order valence-electron chi connectivity index (χ3n) is 5.42. The number of nitrogens with two attached hydrogens (primary N) is 1. The Balaban J connectivity index is 1.83. The van der Waals surface area contributed by atoms with E-state index in [9.17, 15) is 9.59 Å². The molecule has 2 rings (SSSR count). The van der Waals surface area contributed by atoms with Gasteiger partial charge in [0.15, 0.2) is 0 Å². The summed E-state index contributed by atoms with van der Waals surface area (Å²) in [5.41, 5.74) is 5.03. The van der Waals surface area contributed by atoms with Crippen LogP contribution in [-0.4, -0.2) is 57.1 Å². The largest absolute Gasteiger partial charge is 0.353 e. The number of amides is 2. The van der Waals surface area contributed by atoms with Gasteiger partial charge >= 0.3 is 0 Å². The van der Waals surface area contributed by atoms with E-state index in [2.05, 4.69) is 21.3 Å². The number of piperidine rings is 2. The second-order valence-electron chi connectivity index (χ2n) is 7.80. The minimum absolute atomic E-state index is 0.0185. The van der Waals surface area contributed by atoms with Crippen molar-refractivity contribution in [2.75, 3.05) is 39.3 Å². The molecule has 0 bridgehead atoms. The summed E-state index contributed by atoms with van der Waals surface area (Å²) in [4.78, 5) is 25.0. The highest BCUT2D eigenvalue weighted by Crippen LogP contribution is 2.26. The zero-order valence-corrected chi connectivity index (χ0v) is 15.0. The van der Waals surface area contributed by atoms with Crippen molar-refractivity contribution in [2.45, 2.75) is 45.6 Å². The van der Waals surface area contributed by atoms with Crippen molar-refractivity contribution in [3.63, 3.8) is 0 Å². The van der Waals surface area contributed by atoms with Crippen LogP contribution in [0, 0.1) is 10.8 Å². The van der Waals surface area contributed by atoms with Crippen LogP contribution in [0.4, 0.5) is 0 Å². The van der Waals surface area contributed by atoms with Crippen LogP contribution in [-0.2, 0) is 9.59 Å². The number of carbonyl (C=O) groups excluding carboxylic acids is 2. The maximum Gasteiger partial charge on any atom is 0.227 e. The van der Waals surface area contributed by atoms with E-state index < -0.39 is 5.41 Å². The van der Waals surface area contributed by atoms with Gasteiger partial charge in [0.2, 0.25) is 11.8 Å².